The van der Waals surface area contributed by atoms with Crippen LogP contribution in [-0.4, -0.2) is 96.1 Å². The first-order valence-corrected chi connectivity index (χ1v) is 16.0. The summed E-state index contributed by atoms with van der Waals surface area (Å²) < 4.78 is 33.3. The van der Waals surface area contributed by atoms with Crippen LogP contribution in [-0.2, 0) is 17.8 Å². The molecule has 0 unspecified atom stereocenters. The molecule has 1 aliphatic carbocycles. The monoisotopic (exact) mass is 649 g/mol. The third-order valence-corrected chi connectivity index (χ3v) is 9.85. The van der Waals surface area contributed by atoms with Crippen LogP contribution in [0.3, 0.4) is 0 Å². The van der Waals surface area contributed by atoms with Gasteiger partial charge in [-0.1, -0.05) is 42.4 Å². The van der Waals surface area contributed by atoms with E-state index in [1.807, 2.05) is 49.2 Å². The fraction of sp³-hybridized carbons (Fsp3) is 0.471. The van der Waals surface area contributed by atoms with Gasteiger partial charge in [0.25, 0.3) is 5.92 Å². The van der Waals surface area contributed by atoms with Gasteiger partial charge in [-0.05, 0) is 44.0 Å². The smallest absolute Gasteiger partial charge is 0.318 e. The fourth-order valence-corrected chi connectivity index (χ4v) is 7.05. The number of rotatable bonds is 9. The lowest BCUT2D eigenvalue weighted by Crippen LogP contribution is -2.56. The van der Waals surface area contributed by atoms with Gasteiger partial charge < -0.3 is 24.3 Å². The van der Waals surface area contributed by atoms with Crippen LogP contribution in [0.4, 0.5) is 20.3 Å². The molecule has 6 rings (SSSR count). The second-order valence-electron chi connectivity index (χ2n) is 12.5. The van der Waals surface area contributed by atoms with Gasteiger partial charge in [0.2, 0.25) is 12.5 Å². The van der Waals surface area contributed by atoms with E-state index in [0.717, 1.165) is 40.1 Å². The molecule has 3 aliphatic rings. The topological polar surface area (TPSA) is 69.4 Å². The number of carbonyl (C=O) groups is 1. The number of nitrogens with zero attached hydrogens (tertiary/aromatic N) is 7. The summed E-state index contributed by atoms with van der Waals surface area (Å²) in [5, 5.41) is 2.74. The van der Waals surface area contributed by atoms with Crippen molar-refractivity contribution in [3.8, 4) is 6.01 Å². The summed E-state index contributed by atoms with van der Waals surface area (Å²) in [7, 11) is 1.85. The number of hydrogen-bond donors (Lipinski definition) is 0. The van der Waals surface area contributed by atoms with E-state index >= 15 is 0 Å². The van der Waals surface area contributed by atoms with Crippen LogP contribution in [0.1, 0.15) is 31.0 Å². The van der Waals surface area contributed by atoms with Gasteiger partial charge in [0.15, 0.2) is 0 Å². The minimum atomic E-state index is -2.60. The molecule has 1 saturated carbocycles. The number of anilines is 2. The molecule has 0 radical (unpaired) electrons. The lowest BCUT2D eigenvalue weighted by Gasteiger charge is -2.43. The highest BCUT2D eigenvalue weighted by atomic mass is 35.5. The van der Waals surface area contributed by atoms with Gasteiger partial charge in [0, 0.05) is 67.7 Å². The molecule has 242 valence electrons. The fourth-order valence-electron chi connectivity index (χ4n) is 6.77. The van der Waals surface area contributed by atoms with Crippen molar-refractivity contribution in [2.45, 2.75) is 56.8 Å². The van der Waals surface area contributed by atoms with Gasteiger partial charge in [0.05, 0.1) is 17.3 Å². The third-order valence-electron chi connectivity index (χ3n) is 9.53. The van der Waals surface area contributed by atoms with E-state index in [4.69, 9.17) is 32.9 Å². The van der Waals surface area contributed by atoms with Gasteiger partial charge in [-0.25, -0.2) is 15.4 Å². The molecule has 46 heavy (non-hydrogen) atoms. The van der Waals surface area contributed by atoms with Crippen molar-refractivity contribution in [2.24, 2.45) is 0 Å². The van der Waals surface area contributed by atoms with Crippen molar-refractivity contribution in [3.05, 3.63) is 76.8 Å². The molecule has 12 heteroatoms. The molecule has 2 aliphatic heterocycles. The van der Waals surface area contributed by atoms with Crippen molar-refractivity contribution in [3.63, 3.8) is 0 Å². The first kappa shape index (κ1) is 32.0. The number of benzene rings is 2. The van der Waals surface area contributed by atoms with Gasteiger partial charge in [-0.15, -0.1) is 0 Å². The number of ether oxygens (including phenoxy) is 1. The number of carbonyl (C=O) groups excluding carboxylic acids is 1. The zero-order chi connectivity index (χ0) is 32.6. The van der Waals surface area contributed by atoms with Crippen molar-refractivity contribution in [1.29, 1.82) is 0 Å². The number of aromatic nitrogens is 2. The Hall–Kier alpha value is -4.01. The summed E-state index contributed by atoms with van der Waals surface area (Å²) in [6.45, 7) is 16.2. The Labute approximate surface area is 273 Å². The van der Waals surface area contributed by atoms with E-state index in [-0.39, 0.29) is 56.0 Å². The highest BCUT2D eigenvalue weighted by Crippen LogP contribution is 2.41. The molecular formula is C34H38ClF2N7O2. The lowest BCUT2D eigenvalue weighted by atomic mass is 9.86. The van der Waals surface area contributed by atoms with Crippen LogP contribution >= 0.6 is 11.6 Å². The average molecular weight is 650 g/mol. The van der Waals surface area contributed by atoms with Gasteiger partial charge in [-0.2, -0.15) is 9.97 Å². The van der Waals surface area contributed by atoms with Crippen molar-refractivity contribution < 1.29 is 18.3 Å². The Morgan fingerprint density at radius 3 is 2.70 bits per heavy atom. The average Bonchev–Trinajstić information content (AvgIpc) is 3.04. The van der Waals surface area contributed by atoms with E-state index in [9.17, 15) is 13.6 Å². The molecule has 2 aromatic carbocycles. The van der Waals surface area contributed by atoms with Crippen LogP contribution in [0.15, 0.2) is 49.1 Å². The van der Waals surface area contributed by atoms with E-state index in [0.29, 0.717) is 37.6 Å². The summed E-state index contributed by atoms with van der Waals surface area (Å²) in [5.41, 5.74) is 2.88. The van der Waals surface area contributed by atoms with Gasteiger partial charge >= 0.3 is 6.01 Å². The number of halogens is 3. The summed E-state index contributed by atoms with van der Waals surface area (Å²) in [6.07, 6.45) is 1.68. The molecule has 1 aromatic heterocycles. The zero-order valence-electron chi connectivity index (χ0n) is 26.1. The van der Waals surface area contributed by atoms with Crippen LogP contribution in [0.2, 0.25) is 5.02 Å². The minimum Gasteiger partial charge on any atom is -0.462 e. The van der Waals surface area contributed by atoms with Crippen LogP contribution in [0.25, 0.3) is 15.6 Å². The van der Waals surface area contributed by atoms with Crippen LogP contribution in [0, 0.1) is 6.57 Å². The van der Waals surface area contributed by atoms with E-state index in [1.165, 1.54) is 6.08 Å². The molecule has 9 nitrogen and oxygen atoms in total. The van der Waals surface area contributed by atoms with Crippen molar-refractivity contribution in [2.75, 3.05) is 56.2 Å². The number of alkyl halides is 2. The normalized spacial score (nSPS) is 20.2. The highest BCUT2D eigenvalue weighted by molar-refractivity contribution is 6.36. The number of piperazine rings is 1. The van der Waals surface area contributed by atoms with E-state index in [2.05, 4.69) is 27.3 Å². The third kappa shape index (κ3) is 6.33. The maximum absolute atomic E-state index is 13.5. The number of fused-ring (bicyclic) bond motifs is 2. The van der Waals surface area contributed by atoms with Gasteiger partial charge in [-0.3, -0.25) is 9.69 Å². The summed E-state index contributed by atoms with van der Waals surface area (Å²) in [6, 6.07) is 11.6. The van der Waals surface area contributed by atoms with E-state index < -0.39 is 5.92 Å². The molecule has 3 aromatic rings. The van der Waals surface area contributed by atoms with Crippen LogP contribution < -0.4 is 14.5 Å². The quantitative estimate of drug-likeness (QED) is 0.225. The molecule has 2 atom stereocenters. The summed E-state index contributed by atoms with van der Waals surface area (Å²) >= 11 is 6.69. The Bertz CT molecular complexity index is 1670. The molecule has 0 N–H and O–H groups in total. The van der Waals surface area contributed by atoms with Gasteiger partial charge in [0.1, 0.15) is 18.5 Å². The second-order valence-corrected chi connectivity index (χ2v) is 12.9. The molecule has 1 amide bonds. The molecular weight excluding hydrogens is 612 g/mol. The molecule has 1 saturated heterocycles. The number of likely N-dealkylation sites (N-methyl/N-ethyl adjacent to an activating group) is 1. The molecule has 0 bridgehead atoms. The van der Waals surface area contributed by atoms with Crippen LogP contribution in [0.5, 0.6) is 6.01 Å². The number of amides is 1. The minimum absolute atomic E-state index is 0.130. The second kappa shape index (κ2) is 13.0. The lowest BCUT2D eigenvalue weighted by molar-refractivity contribution is -0.128. The largest absolute Gasteiger partial charge is 0.462 e. The van der Waals surface area contributed by atoms with E-state index in [1.54, 1.807) is 4.90 Å². The summed E-state index contributed by atoms with van der Waals surface area (Å²) in [4.78, 5) is 34.0. The first-order chi connectivity index (χ1) is 22.1. The predicted molar refractivity (Wildman–Crippen MR) is 176 cm³/mol. The Balaban J connectivity index is 1.30. The Morgan fingerprint density at radius 1 is 1.22 bits per heavy atom. The molecule has 0 spiro atoms. The van der Waals surface area contributed by atoms with Crippen molar-refractivity contribution >= 4 is 39.8 Å². The first-order valence-electron chi connectivity index (χ1n) is 15.6. The zero-order valence-corrected chi connectivity index (χ0v) is 26.9. The molecule has 2 fully saturated rings. The maximum Gasteiger partial charge on any atom is 0.318 e. The van der Waals surface area contributed by atoms with Crippen molar-refractivity contribution in [1.82, 2.24) is 19.8 Å². The SMILES string of the molecule is [C-]#[N+]C[C@H]1CN(c2nc(OC[C@@H](C)N(C)C3CC(F)(F)C3)nc3c2CCN(c2cccc4cccc(Cl)c24)C3)CCN1C(=O)C=C. The standard InChI is InChI=1S/C34H38ClF2N7O2/c1-5-30(45)44-15-14-43(19-25(44)18-38-3)32-26-12-13-42(29-11-7-9-23-8-6-10-27(35)31(23)29)20-28(26)39-33(40-32)46-21-22(2)41(4)24-16-34(36,37)17-24/h5-11,22,24-25H,1,12-21H2,2,4H3/t22-,25+/m1/s1. The highest BCUT2D eigenvalue weighted by Gasteiger charge is 2.47. The number of hydrogen-bond acceptors (Lipinski definition) is 7. The Morgan fingerprint density at radius 2 is 1.98 bits per heavy atom. The maximum atomic E-state index is 13.5. The summed E-state index contributed by atoms with van der Waals surface area (Å²) in [5.74, 6) is -2.04. The predicted octanol–water partition coefficient (Wildman–Crippen LogP) is 5.47. The molecule has 3 heterocycles. The Kier molecular flexibility index (Phi) is 9.03.